The fraction of sp³-hybridized carbons (Fsp3) is 0.533. The van der Waals surface area contributed by atoms with Crippen molar-refractivity contribution >= 4 is 11.6 Å². The Hall–Kier alpha value is -1.62. The molecule has 1 amide bonds. The van der Waals surface area contributed by atoms with Crippen molar-refractivity contribution < 1.29 is 13.9 Å². The summed E-state index contributed by atoms with van der Waals surface area (Å²) in [7, 11) is 0. The molecule has 0 aromatic heterocycles. The Morgan fingerprint density at radius 2 is 1.95 bits per heavy atom. The molecule has 1 aromatic carbocycles. The lowest BCUT2D eigenvalue weighted by Crippen LogP contribution is -2.49. The first-order chi connectivity index (χ1) is 9.72. The highest BCUT2D eigenvalue weighted by Gasteiger charge is 2.22. The van der Waals surface area contributed by atoms with Gasteiger partial charge in [-0.3, -0.25) is 4.79 Å². The molecule has 0 bridgehead atoms. The molecule has 0 unspecified atom stereocenters. The Morgan fingerprint density at radius 1 is 1.25 bits per heavy atom. The van der Waals surface area contributed by atoms with Crippen molar-refractivity contribution in [3.8, 4) is 0 Å². The summed E-state index contributed by atoms with van der Waals surface area (Å²) in [6, 6.07) is 6.77. The zero-order chi connectivity index (χ0) is 14.4. The number of para-hydroxylation sites is 1. The molecule has 0 radical (unpaired) electrons. The number of rotatable bonds is 5. The Morgan fingerprint density at radius 3 is 2.60 bits per heavy atom. The fourth-order valence-corrected chi connectivity index (χ4v) is 2.37. The number of piperazine rings is 1. The minimum atomic E-state index is -0.205. The van der Waals surface area contributed by atoms with Crippen molar-refractivity contribution in [3.63, 3.8) is 0 Å². The van der Waals surface area contributed by atoms with Crippen LogP contribution in [0, 0.1) is 5.82 Å². The van der Waals surface area contributed by atoms with Gasteiger partial charge in [0.1, 0.15) is 5.82 Å². The van der Waals surface area contributed by atoms with Crippen LogP contribution in [0.25, 0.3) is 0 Å². The standard InChI is InChI=1S/C15H21FN2O2/c1-2-20-12-7-15(19)18-10-8-17(9-11-18)14-6-4-3-5-13(14)16/h3-6H,2,7-12H2,1H3. The van der Waals surface area contributed by atoms with Crippen molar-refractivity contribution in [1.82, 2.24) is 4.90 Å². The third-order valence-electron chi connectivity index (χ3n) is 3.49. The number of ether oxygens (including phenoxy) is 1. The van der Waals surface area contributed by atoms with Crippen LogP contribution in [-0.4, -0.2) is 50.2 Å². The molecule has 4 nitrogen and oxygen atoms in total. The molecule has 1 fully saturated rings. The zero-order valence-corrected chi connectivity index (χ0v) is 11.8. The minimum Gasteiger partial charge on any atom is -0.381 e. The molecular formula is C15H21FN2O2. The molecule has 110 valence electrons. The minimum absolute atomic E-state index is 0.117. The van der Waals surface area contributed by atoms with Gasteiger partial charge in [0.05, 0.1) is 18.7 Å². The van der Waals surface area contributed by atoms with Crippen LogP contribution in [0.3, 0.4) is 0 Å². The van der Waals surface area contributed by atoms with Gasteiger partial charge in [0, 0.05) is 32.8 Å². The SMILES string of the molecule is CCOCCC(=O)N1CCN(c2ccccc2F)CC1. The average Bonchev–Trinajstić information content (AvgIpc) is 2.48. The quantitative estimate of drug-likeness (QED) is 0.772. The molecule has 20 heavy (non-hydrogen) atoms. The van der Waals surface area contributed by atoms with Gasteiger partial charge in [-0.05, 0) is 19.1 Å². The van der Waals surface area contributed by atoms with Crippen molar-refractivity contribution in [2.75, 3.05) is 44.3 Å². The zero-order valence-electron chi connectivity index (χ0n) is 11.8. The lowest BCUT2D eigenvalue weighted by Gasteiger charge is -2.36. The summed E-state index contributed by atoms with van der Waals surface area (Å²) >= 11 is 0. The fourth-order valence-electron chi connectivity index (χ4n) is 2.37. The van der Waals surface area contributed by atoms with Gasteiger partial charge in [0.15, 0.2) is 0 Å². The first-order valence-electron chi connectivity index (χ1n) is 7.07. The second-order valence-corrected chi connectivity index (χ2v) is 4.77. The number of carbonyl (C=O) groups is 1. The third-order valence-corrected chi connectivity index (χ3v) is 3.49. The molecule has 1 aliphatic rings. The van der Waals surface area contributed by atoms with Crippen molar-refractivity contribution in [1.29, 1.82) is 0 Å². The summed E-state index contributed by atoms with van der Waals surface area (Å²) < 4.78 is 18.9. The van der Waals surface area contributed by atoms with Crippen LogP contribution in [0.5, 0.6) is 0 Å². The summed E-state index contributed by atoms with van der Waals surface area (Å²) in [5.41, 5.74) is 0.619. The summed E-state index contributed by atoms with van der Waals surface area (Å²) in [4.78, 5) is 15.8. The van der Waals surface area contributed by atoms with Gasteiger partial charge < -0.3 is 14.5 Å². The molecule has 0 saturated carbocycles. The van der Waals surface area contributed by atoms with E-state index < -0.39 is 0 Å². The molecular weight excluding hydrogens is 259 g/mol. The molecule has 1 saturated heterocycles. The number of anilines is 1. The number of hydrogen-bond acceptors (Lipinski definition) is 3. The Labute approximate surface area is 119 Å². The largest absolute Gasteiger partial charge is 0.381 e. The maximum absolute atomic E-state index is 13.7. The van der Waals surface area contributed by atoms with E-state index >= 15 is 0 Å². The predicted octanol–water partition coefficient (Wildman–Crippen LogP) is 1.90. The van der Waals surface area contributed by atoms with E-state index in [1.54, 1.807) is 12.1 Å². The topological polar surface area (TPSA) is 32.8 Å². The first-order valence-corrected chi connectivity index (χ1v) is 7.07. The maximum atomic E-state index is 13.7. The molecule has 1 heterocycles. The summed E-state index contributed by atoms with van der Waals surface area (Å²) in [6.07, 6.45) is 0.424. The summed E-state index contributed by atoms with van der Waals surface area (Å²) in [6.45, 7) is 5.63. The molecule has 5 heteroatoms. The van der Waals surface area contributed by atoms with E-state index in [4.69, 9.17) is 4.74 Å². The summed E-state index contributed by atoms with van der Waals surface area (Å²) in [5.74, 6) is -0.0877. The van der Waals surface area contributed by atoms with Crippen molar-refractivity contribution in [2.24, 2.45) is 0 Å². The van der Waals surface area contributed by atoms with Crippen LogP contribution >= 0.6 is 0 Å². The lowest BCUT2D eigenvalue weighted by atomic mass is 10.2. The molecule has 0 N–H and O–H groups in total. The van der Waals surface area contributed by atoms with Crippen LogP contribution in [0.15, 0.2) is 24.3 Å². The van der Waals surface area contributed by atoms with Crippen LogP contribution in [0.2, 0.25) is 0 Å². The average molecular weight is 280 g/mol. The van der Waals surface area contributed by atoms with E-state index in [1.807, 2.05) is 22.8 Å². The molecule has 1 aliphatic heterocycles. The molecule has 0 aliphatic carbocycles. The lowest BCUT2D eigenvalue weighted by molar-refractivity contribution is -0.132. The van der Waals surface area contributed by atoms with Crippen LogP contribution in [0.4, 0.5) is 10.1 Å². The maximum Gasteiger partial charge on any atom is 0.225 e. The second-order valence-electron chi connectivity index (χ2n) is 4.77. The molecule has 0 spiro atoms. The molecule has 1 aromatic rings. The van der Waals surface area contributed by atoms with Crippen molar-refractivity contribution in [2.45, 2.75) is 13.3 Å². The third kappa shape index (κ3) is 3.70. The van der Waals surface area contributed by atoms with Gasteiger partial charge in [-0.15, -0.1) is 0 Å². The first kappa shape index (κ1) is 14.8. The highest BCUT2D eigenvalue weighted by Crippen LogP contribution is 2.20. The number of amides is 1. The number of halogens is 1. The normalized spacial score (nSPS) is 15.5. The van der Waals surface area contributed by atoms with E-state index in [2.05, 4.69) is 0 Å². The Balaban J connectivity index is 1.83. The van der Waals surface area contributed by atoms with Gasteiger partial charge in [0.25, 0.3) is 0 Å². The highest BCUT2D eigenvalue weighted by atomic mass is 19.1. The molecule has 2 rings (SSSR count). The van der Waals surface area contributed by atoms with E-state index in [-0.39, 0.29) is 11.7 Å². The van der Waals surface area contributed by atoms with E-state index in [0.29, 0.717) is 51.5 Å². The van der Waals surface area contributed by atoms with Crippen LogP contribution < -0.4 is 4.90 Å². The van der Waals surface area contributed by atoms with Gasteiger partial charge in [-0.2, -0.15) is 0 Å². The van der Waals surface area contributed by atoms with E-state index in [0.717, 1.165) is 0 Å². The molecule has 0 atom stereocenters. The van der Waals surface area contributed by atoms with Crippen molar-refractivity contribution in [3.05, 3.63) is 30.1 Å². The van der Waals surface area contributed by atoms with Crippen LogP contribution in [0.1, 0.15) is 13.3 Å². The van der Waals surface area contributed by atoms with Crippen LogP contribution in [-0.2, 0) is 9.53 Å². The second kappa shape index (κ2) is 7.24. The number of carbonyl (C=O) groups excluding carboxylic acids is 1. The Kier molecular flexibility index (Phi) is 5.35. The van der Waals surface area contributed by atoms with Gasteiger partial charge in [-0.25, -0.2) is 4.39 Å². The number of hydrogen-bond donors (Lipinski definition) is 0. The number of nitrogens with zero attached hydrogens (tertiary/aromatic N) is 2. The van der Waals surface area contributed by atoms with E-state index in [1.165, 1.54) is 6.07 Å². The van der Waals surface area contributed by atoms with Gasteiger partial charge in [-0.1, -0.05) is 12.1 Å². The van der Waals surface area contributed by atoms with Gasteiger partial charge in [0.2, 0.25) is 5.91 Å². The highest BCUT2D eigenvalue weighted by molar-refractivity contribution is 5.76. The number of benzene rings is 1. The smallest absolute Gasteiger partial charge is 0.225 e. The monoisotopic (exact) mass is 280 g/mol. The van der Waals surface area contributed by atoms with Gasteiger partial charge >= 0.3 is 0 Å². The van der Waals surface area contributed by atoms with E-state index in [9.17, 15) is 9.18 Å². The predicted molar refractivity (Wildman–Crippen MR) is 76.3 cm³/mol. The summed E-state index contributed by atoms with van der Waals surface area (Å²) in [5, 5.41) is 0. The Bertz CT molecular complexity index is 445.